The van der Waals surface area contributed by atoms with E-state index in [4.69, 9.17) is 9.47 Å². The monoisotopic (exact) mass is 300 g/mol. The maximum atomic E-state index is 12.2. The van der Waals surface area contributed by atoms with Crippen LogP contribution in [0.1, 0.15) is 32.3 Å². The van der Waals surface area contributed by atoms with Gasteiger partial charge in [-0.05, 0) is 44.5 Å². The second-order valence-electron chi connectivity index (χ2n) is 6.13. The van der Waals surface area contributed by atoms with E-state index in [1.807, 2.05) is 24.3 Å². The topological polar surface area (TPSA) is 62.6 Å². The van der Waals surface area contributed by atoms with Crippen LogP contribution in [0.4, 0.5) is 4.79 Å². The fourth-order valence-electron chi connectivity index (χ4n) is 2.27. The Morgan fingerprint density at radius 1 is 1.32 bits per heavy atom. The highest BCUT2D eigenvalue weighted by molar-refractivity contribution is 5.73. The summed E-state index contributed by atoms with van der Waals surface area (Å²) in [5, 5.41) is 9.24. The Balaban J connectivity index is 2.16. The first-order valence-corrected chi connectivity index (χ1v) is 7.10. The van der Waals surface area contributed by atoms with Gasteiger partial charge in [-0.3, -0.25) is 4.90 Å². The Labute approximate surface area is 130 Å². The van der Waals surface area contributed by atoms with Gasteiger partial charge >= 0.3 is 6.09 Å². The third-order valence-corrected chi connectivity index (χ3v) is 3.30. The van der Waals surface area contributed by atoms with E-state index in [0.717, 1.165) is 11.3 Å². The molecule has 2 rings (SSSR count). The summed E-state index contributed by atoms with van der Waals surface area (Å²) in [7, 11) is 1.61. The molecule has 0 aliphatic carbocycles. The molecule has 1 amide bonds. The number of allylic oxidation sites excluding steroid dienone is 1. The van der Waals surface area contributed by atoms with E-state index in [9.17, 15) is 10.1 Å². The normalized spacial score (nSPS) is 17.7. The van der Waals surface area contributed by atoms with Gasteiger partial charge in [0, 0.05) is 12.5 Å². The molecule has 1 aromatic rings. The van der Waals surface area contributed by atoms with Gasteiger partial charge in [-0.1, -0.05) is 12.1 Å². The fourth-order valence-corrected chi connectivity index (χ4v) is 2.27. The minimum absolute atomic E-state index is 0.0203. The molecule has 5 nitrogen and oxygen atoms in total. The Hall–Kier alpha value is -2.48. The minimum atomic E-state index is -0.587. The highest BCUT2D eigenvalue weighted by atomic mass is 16.6. The lowest BCUT2D eigenvalue weighted by atomic mass is 10.0. The maximum Gasteiger partial charge on any atom is 0.415 e. The first kappa shape index (κ1) is 15.9. The van der Waals surface area contributed by atoms with Crippen molar-refractivity contribution >= 4 is 6.09 Å². The molecular formula is C17H20N2O3. The van der Waals surface area contributed by atoms with Crippen molar-refractivity contribution in [3.05, 3.63) is 41.6 Å². The van der Waals surface area contributed by atoms with Crippen LogP contribution >= 0.6 is 0 Å². The van der Waals surface area contributed by atoms with Crippen molar-refractivity contribution in [2.75, 3.05) is 13.7 Å². The van der Waals surface area contributed by atoms with Gasteiger partial charge in [0.05, 0.1) is 7.11 Å². The number of carbonyl (C=O) groups is 1. The summed E-state index contributed by atoms with van der Waals surface area (Å²) < 4.78 is 10.5. The molecule has 1 aliphatic rings. The SMILES string of the molecule is COc1ccc(C2C=C(C#N)N(C(=O)OC(C)(C)C)C2)cc1. The zero-order valence-electron chi connectivity index (χ0n) is 13.3. The summed E-state index contributed by atoms with van der Waals surface area (Å²) in [6, 6.07) is 9.67. The molecule has 0 fully saturated rings. The van der Waals surface area contributed by atoms with Crippen LogP contribution in [-0.4, -0.2) is 30.2 Å². The lowest BCUT2D eigenvalue weighted by molar-refractivity contribution is 0.0333. The molecule has 0 spiro atoms. The highest BCUT2D eigenvalue weighted by Crippen LogP contribution is 2.30. The molecule has 0 N–H and O–H groups in total. The van der Waals surface area contributed by atoms with Crippen molar-refractivity contribution in [2.24, 2.45) is 0 Å². The molecule has 116 valence electrons. The molecule has 1 unspecified atom stereocenters. The zero-order chi connectivity index (χ0) is 16.3. The van der Waals surface area contributed by atoms with Gasteiger partial charge in [-0.2, -0.15) is 5.26 Å². The van der Waals surface area contributed by atoms with E-state index in [1.165, 1.54) is 4.90 Å². The van der Waals surface area contributed by atoms with E-state index < -0.39 is 11.7 Å². The van der Waals surface area contributed by atoms with Crippen molar-refractivity contribution in [3.8, 4) is 11.8 Å². The van der Waals surface area contributed by atoms with Crippen LogP contribution in [0.3, 0.4) is 0 Å². The average Bonchev–Trinajstić information content (AvgIpc) is 2.90. The fraction of sp³-hybridized carbons (Fsp3) is 0.412. The first-order valence-electron chi connectivity index (χ1n) is 7.10. The van der Waals surface area contributed by atoms with E-state index in [0.29, 0.717) is 12.2 Å². The second-order valence-corrected chi connectivity index (χ2v) is 6.13. The van der Waals surface area contributed by atoms with E-state index >= 15 is 0 Å². The summed E-state index contributed by atoms with van der Waals surface area (Å²) in [5.41, 5.74) is 0.769. The number of nitrogens with zero attached hydrogens (tertiary/aromatic N) is 2. The maximum absolute atomic E-state index is 12.2. The third kappa shape index (κ3) is 3.59. The third-order valence-electron chi connectivity index (χ3n) is 3.30. The van der Waals surface area contributed by atoms with Gasteiger partial charge in [0.15, 0.2) is 0 Å². The molecule has 0 aromatic heterocycles. The van der Waals surface area contributed by atoms with Crippen LogP contribution in [0.2, 0.25) is 0 Å². The number of methoxy groups -OCH3 is 1. The predicted molar refractivity (Wildman–Crippen MR) is 82.4 cm³/mol. The number of hydrogen-bond acceptors (Lipinski definition) is 4. The van der Waals surface area contributed by atoms with Crippen LogP contribution in [0.15, 0.2) is 36.0 Å². The number of ether oxygens (including phenoxy) is 2. The zero-order valence-corrected chi connectivity index (χ0v) is 13.3. The van der Waals surface area contributed by atoms with Crippen LogP contribution in [0.25, 0.3) is 0 Å². The molecule has 0 saturated carbocycles. The molecule has 1 atom stereocenters. The number of hydrogen-bond donors (Lipinski definition) is 0. The smallest absolute Gasteiger partial charge is 0.415 e. The molecular weight excluding hydrogens is 280 g/mol. The Bertz CT molecular complexity index is 621. The van der Waals surface area contributed by atoms with Gasteiger partial charge in [0.1, 0.15) is 23.1 Å². The van der Waals surface area contributed by atoms with Crippen LogP contribution < -0.4 is 4.74 Å². The number of nitriles is 1. The van der Waals surface area contributed by atoms with Crippen molar-refractivity contribution in [1.82, 2.24) is 4.90 Å². The summed E-state index contributed by atoms with van der Waals surface area (Å²) in [6.07, 6.45) is 1.31. The largest absolute Gasteiger partial charge is 0.497 e. The molecule has 0 bridgehead atoms. The summed E-state index contributed by atoms with van der Waals surface area (Å²) in [5.74, 6) is 0.753. The van der Waals surface area contributed by atoms with Gasteiger partial charge in [-0.25, -0.2) is 4.79 Å². The molecule has 1 aliphatic heterocycles. The Morgan fingerprint density at radius 3 is 2.45 bits per heavy atom. The molecule has 0 radical (unpaired) electrons. The summed E-state index contributed by atoms with van der Waals surface area (Å²) in [4.78, 5) is 13.6. The average molecular weight is 300 g/mol. The second kappa shape index (κ2) is 6.10. The quantitative estimate of drug-likeness (QED) is 0.839. The lowest BCUT2D eigenvalue weighted by Crippen LogP contribution is -2.35. The number of amides is 1. The van der Waals surface area contributed by atoms with Crippen molar-refractivity contribution in [2.45, 2.75) is 32.3 Å². The van der Waals surface area contributed by atoms with Crippen molar-refractivity contribution < 1.29 is 14.3 Å². The van der Waals surface area contributed by atoms with Gasteiger partial charge < -0.3 is 9.47 Å². The van der Waals surface area contributed by atoms with Gasteiger partial charge in [-0.15, -0.1) is 0 Å². The molecule has 5 heteroatoms. The van der Waals surface area contributed by atoms with Crippen LogP contribution in [0.5, 0.6) is 5.75 Å². The van der Waals surface area contributed by atoms with Gasteiger partial charge in [0.25, 0.3) is 0 Å². The van der Waals surface area contributed by atoms with Crippen molar-refractivity contribution in [1.29, 1.82) is 5.26 Å². The molecule has 1 heterocycles. The van der Waals surface area contributed by atoms with Crippen LogP contribution in [-0.2, 0) is 4.74 Å². The summed E-state index contributed by atoms with van der Waals surface area (Å²) >= 11 is 0. The number of carbonyl (C=O) groups excluding carboxylic acids is 1. The Kier molecular flexibility index (Phi) is 4.41. The van der Waals surface area contributed by atoms with E-state index in [2.05, 4.69) is 6.07 Å². The van der Waals surface area contributed by atoms with Gasteiger partial charge in [0.2, 0.25) is 0 Å². The standard InChI is InChI=1S/C17H20N2O3/c1-17(2,3)22-16(20)19-11-13(9-14(19)10-18)12-5-7-15(21-4)8-6-12/h5-9,13H,11H2,1-4H3. The first-order chi connectivity index (χ1) is 10.3. The minimum Gasteiger partial charge on any atom is -0.497 e. The number of benzene rings is 1. The van der Waals surface area contributed by atoms with Crippen LogP contribution in [0, 0.1) is 11.3 Å². The van der Waals surface area contributed by atoms with Crippen molar-refractivity contribution in [3.63, 3.8) is 0 Å². The number of rotatable bonds is 2. The van der Waals surface area contributed by atoms with E-state index in [1.54, 1.807) is 34.0 Å². The molecule has 22 heavy (non-hydrogen) atoms. The molecule has 1 aromatic carbocycles. The predicted octanol–water partition coefficient (Wildman–Crippen LogP) is 3.44. The lowest BCUT2D eigenvalue weighted by Gasteiger charge is -2.25. The highest BCUT2D eigenvalue weighted by Gasteiger charge is 2.32. The summed E-state index contributed by atoms with van der Waals surface area (Å²) in [6.45, 7) is 5.82. The Morgan fingerprint density at radius 2 is 1.95 bits per heavy atom. The van der Waals surface area contributed by atoms with E-state index in [-0.39, 0.29) is 5.92 Å². The molecule has 0 saturated heterocycles.